The Morgan fingerprint density at radius 1 is 1.38 bits per heavy atom. The van der Waals surface area contributed by atoms with Crippen molar-refractivity contribution < 1.29 is 4.79 Å². The van der Waals surface area contributed by atoms with Crippen LogP contribution in [0.4, 0.5) is 0 Å². The molecule has 1 atom stereocenters. The van der Waals surface area contributed by atoms with Gasteiger partial charge in [-0.05, 0) is 17.2 Å². The quantitative estimate of drug-likeness (QED) is 0.831. The number of hydrogen-bond acceptors (Lipinski definition) is 3. The van der Waals surface area contributed by atoms with Gasteiger partial charge in [-0.15, -0.1) is 5.10 Å². The van der Waals surface area contributed by atoms with E-state index in [4.69, 9.17) is 11.6 Å². The Kier molecular flexibility index (Phi) is 3.01. The molecule has 4 nitrogen and oxygen atoms in total. The molecule has 0 bridgehead atoms. The first kappa shape index (κ1) is 10.8. The molecule has 1 N–H and O–H groups in total. The van der Waals surface area contributed by atoms with E-state index in [9.17, 15) is 4.79 Å². The van der Waals surface area contributed by atoms with Crippen LogP contribution in [0.3, 0.4) is 0 Å². The Labute approximate surface area is 97.7 Å². The highest BCUT2D eigenvalue weighted by Crippen LogP contribution is 2.20. The summed E-state index contributed by atoms with van der Waals surface area (Å²) in [4.78, 5) is 14.9. The van der Waals surface area contributed by atoms with Gasteiger partial charge in [0.25, 0.3) is 5.24 Å². The van der Waals surface area contributed by atoms with Crippen molar-refractivity contribution in [1.29, 1.82) is 0 Å². The highest BCUT2D eigenvalue weighted by molar-refractivity contribution is 6.67. The zero-order chi connectivity index (χ0) is 11.5. The zero-order valence-corrected chi connectivity index (χ0v) is 9.40. The third-order valence-corrected chi connectivity index (χ3v) is 2.56. The monoisotopic (exact) mass is 235 g/mol. The Morgan fingerprint density at radius 2 is 2.06 bits per heavy atom. The number of aromatic amines is 1. The Bertz CT molecular complexity index is 495. The van der Waals surface area contributed by atoms with E-state index in [0.717, 1.165) is 5.56 Å². The first-order valence-corrected chi connectivity index (χ1v) is 5.23. The number of halogens is 1. The van der Waals surface area contributed by atoms with Crippen molar-refractivity contribution in [3.63, 3.8) is 0 Å². The van der Waals surface area contributed by atoms with Crippen LogP contribution in [0.2, 0.25) is 0 Å². The smallest absolute Gasteiger partial charge is 0.272 e. The van der Waals surface area contributed by atoms with Crippen LogP contribution in [-0.2, 0) is 0 Å². The van der Waals surface area contributed by atoms with Crippen molar-refractivity contribution in [3.8, 4) is 0 Å². The third kappa shape index (κ3) is 2.12. The van der Waals surface area contributed by atoms with E-state index in [1.807, 2.05) is 37.3 Å². The molecule has 0 spiro atoms. The molecule has 2 rings (SSSR count). The molecule has 0 aliphatic heterocycles. The molecule has 1 heterocycles. The van der Waals surface area contributed by atoms with E-state index >= 15 is 0 Å². The lowest BCUT2D eigenvalue weighted by atomic mass is 10.0. The van der Waals surface area contributed by atoms with E-state index in [1.165, 1.54) is 0 Å². The second-order valence-corrected chi connectivity index (χ2v) is 3.79. The normalized spacial score (nSPS) is 12.4. The minimum atomic E-state index is -0.650. The van der Waals surface area contributed by atoms with E-state index in [-0.39, 0.29) is 11.7 Å². The fourth-order valence-corrected chi connectivity index (χ4v) is 1.54. The first-order chi connectivity index (χ1) is 7.68. The SMILES string of the molecule is CC(c1ccccc1)c1nc(C(=O)Cl)n[nH]1. The van der Waals surface area contributed by atoms with Gasteiger partial charge in [-0.2, -0.15) is 0 Å². The molecule has 5 heteroatoms. The average molecular weight is 236 g/mol. The number of benzene rings is 1. The summed E-state index contributed by atoms with van der Waals surface area (Å²) in [6.45, 7) is 1.98. The van der Waals surface area contributed by atoms with Gasteiger partial charge in [0.1, 0.15) is 5.82 Å². The molecule has 2 aromatic rings. The fourth-order valence-electron chi connectivity index (χ4n) is 1.46. The number of nitrogens with one attached hydrogen (secondary N) is 1. The summed E-state index contributed by atoms with van der Waals surface area (Å²) in [6.07, 6.45) is 0. The number of rotatable bonds is 3. The maximum atomic E-state index is 10.8. The number of H-pyrrole nitrogens is 1. The number of nitrogens with zero attached hydrogens (tertiary/aromatic N) is 2. The van der Waals surface area contributed by atoms with Crippen molar-refractivity contribution in [2.75, 3.05) is 0 Å². The largest absolute Gasteiger partial charge is 0.291 e. The highest BCUT2D eigenvalue weighted by atomic mass is 35.5. The summed E-state index contributed by atoms with van der Waals surface area (Å²) in [7, 11) is 0. The van der Waals surface area contributed by atoms with Crippen molar-refractivity contribution in [2.45, 2.75) is 12.8 Å². The maximum Gasteiger partial charge on any atom is 0.291 e. The summed E-state index contributed by atoms with van der Waals surface area (Å²) in [5.74, 6) is 0.702. The number of aromatic nitrogens is 3. The molecule has 0 radical (unpaired) electrons. The van der Waals surface area contributed by atoms with E-state index in [2.05, 4.69) is 15.2 Å². The second-order valence-electron chi connectivity index (χ2n) is 3.45. The van der Waals surface area contributed by atoms with Crippen LogP contribution in [-0.4, -0.2) is 20.4 Å². The summed E-state index contributed by atoms with van der Waals surface area (Å²) < 4.78 is 0. The molecular weight excluding hydrogens is 226 g/mol. The minimum absolute atomic E-state index is 0.0134. The van der Waals surface area contributed by atoms with Crippen LogP contribution in [0.1, 0.15) is 34.8 Å². The fraction of sp³-hybridized carbons (Fsp3) is 0.182. The minimum Gasteiger partial charge on any atom is -0.272 e. The standard InChI is InChI=1S/C11H10ClN3O/c1-7(8-5-3-2-4-6-8)10-13-11(9(12)16)15-14-10/h2-7H,1H3,(H,13,14,15). The molecule has 0 aliphatic rings. The molecule has 1 aromatic carbocycles. The van der Waals surface area contributed by atoms with Crippen molar-refractivity contribution in [3.05, 3.63) is 47.5 Å². The second kappa shape index (κ2) is 4.45. The van der Waals surface area contributed by atoms with Gasteiger partial charge in [0.15, 0.2) is 0 Å². The molecule has 82 valence electrons. The van der Waals surface area contributed by atoms with Crippen LogP contribution in [0.25, 0.3) is 0 Å². The van der Waals surface area contributed by atoms with Crippen molar-refractivity contribution in [2.24, 2.45) is 0 Å². The van der Waals surface area contributed by atoms with Crippen LogP contribution in [0.15, 0.2) is 30.3 Å². The summed E-state index contributed by atoms with van der Waals surface area (Å²) in [6, 6.07) is 9.85. The molecule has 0 saturated heterocycles. The number of carbonyl (C=O) groups is 1. The zero-order valence-electron chi connectivity index (χ0n) is 8.64. The Morgan fingerprint density at radius 3 is 2.62 bits per heavy atom. The molecule has 16 heavy (non-hydrogen) atoms. The van der Waals surface area contributed by atoms with Crippen LogP contribution >= 0.6 is 11.6 Å². The van der Waals surface area contributed by atoms with Gasteiger partial charge in [-0.25, -0.2) is 4.98 Å². The molecule has 0 aliphatic carbocycles. The lowest BCUT2D eigenvalue weighted by molar-refractivity contribution is 0.107. The van der Waals surface area contributed by atoms with Gasteiger partial charge >= 0.3 is 0 Å². The van der Waals surface area contributed by atoms with E-state index in [0.29, 0.717) is 5.82 Å². The maximum absolute atomic E-state index is 10.8. The average Bonchev–Trinajstić information content (AvgIpc) is 2.78. The summed E-state index contributed by atoms with van der Waals surface area (Å²) in [5.41, 5.74) is 1.10. The molecule has 1 aromatic heterocycles. The van der Waals surface area contributed by atoms with Crippen molar-refractivity contribution >= 4 is 16.8 Å². The first-order valence-electron chi connectivity index (χ1n) is 4.85. The van der Waals surface area contributed by atoms with Crippen LogP contribution < -0.4 is 0 Å². The van der Waals surface area contributed by atoms with Crippen LogP contribution in [0, 0.1) is 0 Å². The molecule has 1 unspecified atom stereocenters. The number of carbonyl (C=O) groups excluding carboxylic acids is 1. The summed E-state index contributed by atoms with van der Waals surface area (Å²) >= 11 is 5.28. The highest BCUT2D eigenvalue weighted by Gasteiger charge is 2.15. The lowest BCUT2D eigenvalue weighted by Crippen LogP contribution is -1.99. The lowest BCUT2D eigenvalue weighted by Gasteiger charge is -2.07. The van der Waals surface area contributed by atoms with Gasteiger partial charge in [0.2, 0.25) is 5.82 Å². The Hall–Kier alpha value is -1.68. The predicted molar refractivity (Wildman–Crippen MR) is 60.5 cm³/mol. The molecular formula is C11H10ClN3O. The van der Waals surface area contributed by atoms with Gasteiger partial charge in [0, 0.05) is 5.92 Å². The molecule has 0 amide bonds. The Balaban J connectivity index is 2.27. The van der Waals surface area contributed by atoms with Crippen LogP contribution in [0.5, 0.6) is 0 Å². The topological polar surface area (TPSA) is 58.6 Å². The van der Waals surface area contributed by atoms with E-state index in [1.54, 1.807) is 0 Å². The van der Waals surface area contributed by atoms with Gasteiger partial charge in [0.05, 0.1) is 0 Å². The summed E-state index contributed by atoms with van der Waals surface area (Å²) in [5, 5.41) is 5.81. The van der Waals surface area contributed by atoms with Crippen molar-refractivity contribution in [1.82, 2.24) is 15.2 Å². The van der Waals surface area contributed by atoms with Gasteiger partial charge in [-0.3, -0.25) is 9.89 Å². The van der Waals surface area contributed by atoms with Gasteiger partial charge in [-0.1, -0.05) is 37.3 Å². The molecule has 0 saturated carbocycles. The third-order valence-electron chi connectivity index (χ3n) is 2.39. The van der Waals surface area contributed by atoms with Gasteiger partial charge < -0.3 is 0 Å². The predicted octanol–water partition coefficient (Wildman–Crippen LogP) is 2.34. The number of hydrogen-bond donors (Lipinski definition) is 1. The molecule has 0 fully saturated rings. The van der Waals surface area contributed by atoms with E-state index < -0.39 is 5.24 Å².